The lowest BCUT2D eigenvalue weighted by molar-refractivity contribution is 0.0159. The van der Waals surface area contributed by atoms with Crippen molar-refractivity contribution >= 4 is 6.09 Å². The molecule has 0 spiro atoms. The van der Waals surface area contributed by atoms with Crippen molar-refractivity contribution in [2.24, 2.45) is 5.92 Å². The van der Waals surface area contributed by atoms with Gasteiger partial charge in [-0.3, -0.25) is 0 Å². The molecule has 0 radical (unpaired) electrons. The Kier molecular flexibility index (Phi) is 6.63. The molecule has 0 bridgehead atoms. The Labute approximate surface area is 149 Å². The summed E-state index contributed by atoms with van der Waals surface area (Å²) >= 11 is 0. The van der Waals surface area contributed by atoms with Crippen LogP contribution in [0.25, 0.3) is 0 Å². The maximum absolute atomic E-state index is 12.2. The highest BCUT2D eigenvalue weighted by atomic mass is 16.6. The summed E-state index contributed by atoms with van der Waals surface area (Å²) in [4.78, 5) is 18.1. The fourth-order valence-corrected chi connectivity index (χ4v) is 2.92. The van der Waals surface area contributed by atoms with Crippen LogP contribution in [-0.2, 0) is 4.74 Å². The number of hydrogen-bond donors (Lipinski definition) is 0. The lowest BCUT2D eigenvalue weighted by atomic mass is 9.94. The molecule has 2 rings (SSSR count). The quantitative estimate of drug-likeness (QED) is 0.760. The minimum atomic E-state index is -0.459. The van der Waals surface area contributed by atoms with Crippen molar-refractivity contribution < 1.29 is 14.3 Å². The fraction of sp³-hybridized carbons (Fsp3) is 0.632. The summed E-state index contributed by atoms with van der Waals surface area (Å²) in [6.45, 7) is 7.68. The number of nitriles is 1. The zero-order valence-corrected chi connectivity index (χ0v) is 15.3. The van der Waals surface area contributed by atoms with Gasteiger partial charge in [-0.1, -0.05) is 0 Å². The van der Waals surface area contributed by atoms with Crippen LogP contribution in [0.2, 0.25) is 0 Å². The van der Waals surface area contributed by atoms with Crippen LogP contribution in [0.5, 0.6) is 5.88 Å². The minimum Gasteiger partial charge on any atom is -0.477 e. The van der Waals surface area contributed by atoms with Crippen LogP contribution in [0.1, 0.15) is 52.0 Å². The van der Waals surface area contributed by atoms with E-state index in [1.807, 2.05) is 25.7 Å². The molecular formula is C19H27N3O3. The van der Waals surface area contributed by atoms with Gasteiger partial charge in [-0.25, -0.2) is 9.78 Å². The SMILES string of the molecule is CC(C)(C)OC(=O)N1CCCC(CCCOc2ncccc2C#N)C1. The van der Waals surface area contributed by atoms with E-state index in [1.165, 1.54) is 0 Å². The summed E-state index contributed by atoms with van der Waals surface area (Å²) in [6.07, 6.45) is 5.37. The lowest BCUT2D eigenvalue weighted by Crippen LogP contribution is -2.42. The molecule has 0 aromatic carbocycles. The van der Waals surface area contributed by atoms with Gasteiger partial charge >= 0.3 is 6.09 Å². The molecule has 1 saturated heterocycles. The molecule has 1 aromatic heterocycles. The first-order chi connectivity index (χ1) is 11.9. The highest BCUT2D eigenvalue weighted by molar-refractivity contribution is 5.68. The van der Waals surface area contributed by atoms with Gasteiger partial charge in [0.1, 0.15) is 17.2 Å². The van der Waals surface area contributed by atoms with E-state index < -0.39 is 5.60 Å². The van der Waals surface area contributed by atoms with Crippen molar-refractivity contribution in [2.75, 3.05) is 19.7 Å². The molecule has 1 aliphatic heterocycles. The average molecular weight is 345 g/mol. The van der Waals surface area contributed by atoms with Crippen LogP contribution in [0.15, 0.2) is 18.3 Å². The van der Waals surface area contributed by atoms with Crippen LogP contribution >= 0.6 is 0 Å². The summed E-state index contributed by atoms with van der Waals surface area (Å²) in [5.41, 5.74) is -0.00445. The van der Waals surface area contributed by atoms with Crippen molar-refractivity contribution in [3.05, 3.63) is 23.9 Å². The normalized spacial score (nSPS) is 17.7. The van der Waals surface area contributed by atoms with Crippen molar-refractivity contribution in [1.82, 2.24) is 9.88 Å². The highest BCUT2D eigenvalue weighted by Gasteiger charge is 2.27. The largest absolute Gasteiger partial charge is 0.477 e. The van der Waals surface area contributed by atoms with Gasteiger partial charge in [0.15, 0.2) is 0 Å². The molecule has 0 aliphatic carbocycles. The number of piperidine rings is 1. The molecule has 2 heterocycles. The topological polar surface area (TPSA) is 75.4 Å². The van der Waals surface area contributed by atoms with Gasteiger partial charge in [-0.15, -0.1) is 0 Å². The maximum Gasteiger partial charge on any atom is 0.410 e. The molecule has 25 heavy (non-hydrogen) atoms. The second-order valence-corrected chi connectivity index (χ2v) is 7.39. The Morgan fingerprint density at radius 3 is 3.00 bits per heavy atom. The van der Waals surface area contributed by atoms with Gasteiger partial charge in [-0.2, -0.15) is 5.26 Å². The molecule has 1 amide bonds. The molecule has 1 unspecified atom stereocenters. The number of nitrogens with zero attached hydrogens (tertiary/aromatic N) is 3. The highest BCUT2D eigenvalue weighted by Crippen LogP contribution is 2.23. The summed E-state index contributed by atoms with van der Waals surface area (Å²) in [6, 6.07) is 5.49. The Morgan fingerprint density at radius 2 is 2.28 bits per heavy atom. The Balaban J connectivity index is 1.74. The number of carbonyl (C=O) groups excluding carboxylic acids is 1. The Morgan fingerprint density at radius 1 is 1.48 bits per heavy atom. The van der Waals surface area contributed by atoms with Crippen LogP contribution < -0.4 is 4.74 Å². The average Bonchev–Trinajstić information content (AvgIpc) is 2.58. The van der Waals surface area contributed by atoms with Gasteiger partial charge in [0.25, 0.3) is 0 Å². The Bertz CT molecular complexity index is 619. The van der Waals surface area contributed by atoms with Gasteiger partial charge in [0.05, 0.1) is 6.61 Å². The van der Waals surface area contributed by atoms with Crippen LogP contribution in [0.3, 0.4) is 0 Å². The van der Waals surface area contributed by atoms with E-state index in [-0.39, 0.29) is 6.09 Å². The van der Waals surface area contributed by atoms with E-state index in [1.54, 1.807) is 18.3 Å². The molecule has 1 aliphatic rings. The van der Waals surface area contributed by atoms with Gasteiger partial charge in [-0.05, 0) is 64.5 Å². The molecule has 136 valence electrons. The molecule has 0 N–H and O–H groups in total. The predicted molar refractivity (Wildman–Crippen MR) is 94.2 cm³/mol. The number of aromatic nitrogens is 1. The third-order valence-electron chi connectivity index (χ3n) is 4.06. The zero-order valence-electron chi connectivity index (χ0n) is 15.3. The van der Waals surface area contributed by atoms with Crippen LogP contribution in [0.4, 0.5) is 4.79 Å². The number of pyridine rings is 1. The number of amides is 1. The first-order valence-electron chi connectivity index (χ1n) is 8.85. The van der Waals surface area contributed by atoms with Crippen molar-refractivity contribution in [2.45, 2.75) is 52.1 Å². The van der Waals surface area contributed by atoms with Gasteiger partial charge < -0.3 is 14.4 Å². The molecule has 1 fully saturated rings. The second-order valence-electron chi connectivity index (χ2n) is 7.39. The number of rotatable bonds is 5. The maximum atomic E-state index is 12.2. The molecule has 0 saturated carbocycles. The van der Waals surface area contributed by atoms with Crippen LogP contribution in [-0.4, -0.2) is 41.3 Å². The Hall–Kier alpha value is -2.29. The van der Waals surface area contributed by atoms with E-state index in [2.05, 4.69) is 11.1 Å². The van der Waals surface area contributed by atoms with E-state index in [0.717, 1.165) is 38.8 Å². The van der Waals surface area contributed by atoms with E-state index in [0.29, 0.717) is 24.0 Å². The monoisotopic (exact) mass is 345 g/mol. The molecule has 6 heteroatoms. The third-order valence-corrected chi connectivity index (χ3v) is 4.06. The molecular weight excluding hydrogens is 318 g/mol. The van der Waals surface area contributed by atoms with E-state index in [9.17, 15) is 4.79 Å². The summed E-state index contributed by atoms with van der Waals surface area (Å²) in [7, 11) is 0. The van der Waals surface area contributed by atoms with Crippen LogP contribution in [0, 0.1) is 17.2 Å². The first kappa shape index (κ1) is 19.0. The van der Waals surface area contributed by atoms with E-state index in [4.69, 9.17) is 14.7 Å². The molecule has 1 atom stereocenters. The zero-order chi connectivity index (χ0) is 18.3. The third kappa shape index (κ3) is 6.26. The first-order valence-corrected chi connectivity index (χ1v) is 8.85. The van der Waals surface area contributed by atoms with E-state index >= 15 is 0 Å². The summed E-state index contributed by atoms with van der Waals surface area (Å²) in [5, 5.41) is 9.02. The predicted octanol–water partition coefficient (Wildman–Crippen LogP) is 3.76. The van der Waals surface area contributed by atoms with Crippen molar-refractivity contribution in [1.29, 1.82) is 5.26 Å². The standard InChI is InChI=1S/C19H27N3O3/c1-19(2,3)25-18(23)22-11-5-7-15(14-22)8-6-12-24-17-16(13-20)9-4-10-21-17/h4,9-10,15H,5-8,11-12,14H2,1-3H3. The number of ether oxygens (including phenoxy) is 2. The second kappa shape index (κ2) is 8.70. The number of likely N-dealkylation sites (tertiary alicyclic amines) is 1. The summed E-state index contributed by atoms with van der Waals surface area (Å²) < 4.78 is 11.1. The van der Waals surface area contributed by atoms with Gasteiger partial charge in [0.2, 0.25) is 5.88 Å². The number of hydrogen-bond acceptors (Lipinski definition) is 5. The van der Waals surface area contributed by atoms with Gasteiger partial charge in [0, 0.05) is 19.3 Å². The van der Waals surface area contributed by atoms with Crippen molar-refractivity contribution in [3.8, 4) is 11.9 Å². The minimum absolute atomic E-state index is 0.222. The summed E-state index contributed by atoms with van der Waals surface area (Å²) in [5.74, 6) is 0.855. The molecule has 1 aromatic rings. The molecule has 6 nitrogen and oxygen atoms in total. The lowest BCUT2D eigenvalue weighted by Gasteiger charge is -2.34. The fourth-order valence-electron chi connectivity index (χ4n) is 2.92. The smallest absolute Gasteiger partial charge is 0.410 e. The number of carbonyl (C=O) groups is 1. The van der Waals surface area contributed by atoms with Crippen molar-refractivity contribution in [3.63, 3.8) is 0 Å².